The monoisotopic (exact) mass is 486 g/mol. The number of thiazole rings is 1. The molecule has 4 heterocycles. The lowest BCUT2D eigenvalue weighted by Crippen LogP contribution is -2.38. The highest BCUT2D eigenvalue weighted by molar-refractivity contribution is 7.10. The van der Waals surface area contributed by atoms with E-state index in [1.54, 1.807) is 22.2 Å². The maximum atomic E-state index is 13.3. The molecule has 4 aromatic rings. The number of aromatic amines is 1. The molecule has 8 nitrogen and oxygen atoms in total. The van der Waals surface area contributed by atoms with Crippen LogP contribution in [0.2, 0.25) is 0 Å². The van der Waals surface area contributed by atoms with Gasteiger partial charge in [0.1, 0.15) is 0 Å². The average Bonchev–Trinajstić information content (AvgIpc) is 3.64. The molecular weight excluding hydrogens is 460 g/mol. The Balaban J connectivity index is 1.15. The Labute approximate surface area is 206 Å². The lowest BCUT2D eigenvalue weighted by Gasteiger charge is -2.31. The van der Waals surface area contributed by atoms with Crippen LogP contribution in [0.15, 0.2) is 46.7 Å². The van der Waals surface area contributed by atoms with E-state index in [4.69, 9.17) is 4.98 Å². The summed E-state index contributed by atoms with van der Waals surface area (Å²) in [6.45, 7) is 3.21. The Morgan fingerprint density at radius 1 is 1.11 bits per heavy atom. The molecule has 0 unspecified atom stereocenters. The van der Waals surface area contributed by atoms with Crippen molar-refractivity contribution < 1.29 is 4.79 Å². The molecule has 178 valence electrons. The van der Waals surface area contributed by atoms with E-state index < -0.39 is 0 Å². The van der Waals surface area contributed by atoms with E-state index in [0.717, 1.165) is 59.6 Å². The van der Waals surface area contributed by atoms with Crippen LogP contribution in [-0.2, 0) is 12.8 Å². The number of fused-ring (bicyclic) bond motifs is 1. The zero-order valence-electron chi connectivity index (χ0n) is 19.5. The number of H-pyrrole nitrogens is 1. The summed E-state index contributed by atoms with van der Waals surface area (Å²) in [5.41, 5.74) is 4.89. The highest BCUT2D eigenvalue weighted by Crippen LogP contribution is 2.33. The van der Waals surface area contributed by atoms with Gasteiger partial charge in [0.2, 0.25) is 5.95 Å². The van der Waals surface area contributed by atoms with Gasteiger partial charge in [-0.3, -0.25) is 14.6 Å². The molecule has 0 atom stereocenters. The number of amides is 1. The molecule has 1 saturated heterocycles. The first-order chi connectivity index (χ1) is 17.1. The Kier molecular flexibility index (Phi) is 5.56. The lowest BCUT2D eigenvalue weighted by molar-refractivity contribution is 0.0712. The molecule has 1 fully saturated rings. The van der Waals surface area contributed by atoms with Crippen LogP contribution < -0.4 is 5.56 Å². The van der Waals surface area contributed by atoms with Gasteiger partial charge in [-0.15, -0.1) is 11.3 Å². The topological polar surface area (TPSA) is 96.8 Å². The van der Waals surface area contributed by atoms with E-state index in [0.29, 0.717) is 36.2 Å². The molecule has 35 heavy (non-hydrogen) atoms. The number of piperidine rings is 1. The third kappa shape index (κ3) is 3.99. The van der Waals surface area contributed by atoms with E-state index in [2.05, 4.69) is 32.6 Å². The van der Waals surface area contributed by atoms with E-state index in [1.807, 2.05) is 30.0 Å². The summed E-state index contributed by atoms with van der Waals surface area (Å²) < 4.78 is 1.57. The molecule has 3 aromatic heterocycles. The van der Waals surface area contributed by atoms with Crippen molar-refractivity contribution in [3.05, 3.63) is 79.8 Å². The van der Waals surface area contributed by atoms with Gasteiger partial charge in [0, 0.05) is 35.5 Å². The van der Waals surface area contributed by atoms with Gasteiger partial charge >= 0.3 is 0 Å². The largest absolute Gasteiger partial charge is 0.338 e. The Bertz CT molecular complexity index is 1450. The number of aromatic nitrogens is 5. The van der Waals surface area contributed by atoms with Crippen LogP contribution in [0.3, 0.4) is 0 Å². The summed E-state index contributed by atoms with van der Waals surface area (Å²) in [6.07, 6.45) is 5.88. The number of nitrogens with one attached hydrogen (secondary N) is 1. The highest BCUT2D eigenvalue weighted by atomic mass is 32.1. The minimum absolute atomic E-state index is 0.0279. The predicted molar refractivity (Wildman–Crippen MR) is 134 cm³/mol. The Hall–Kier alpha value is -3.59. The van der Waals surface area contributed by atoms with E-state index in [9.17, 15) is 9.59 Å². The Morgan fingerprint density at radius 3 is 2.71 bits per heavy atom. The van der Waals surface area contributed by atoms with Gasteiger partial charge < -0.3 is 4.90 Å². The number of likely N-dealkylation sites (tertiary alicyclic amines) is 1. The van der Waals surface area contributed by atoms with Gasteiger partial charge in [-0.2, -0.15) is 5.10 Å². The van der Waals surface area contributed by atoms with Crippen molar-refractivity contribution in [1.82, 2.24) is 29.6 Å². The first kappa shape index (κ1) is 21.9. The van der Waals surface area contributed by atoms with Gasteiger partial charge in [0.05, 0.1) is 33.8 Å². The fraction of sp³-hybridized carbons (Fsp3) is 0.346. The normalized spacial score (nSPS) is 16.0. The number of rotatable bonds is 4. The number of aryl methyl sites for hydroxylation is 1. The van der Waals surface area contributed by atoms with Crippen molar-refractivity contribution >= 4 is 17.2 Å². The van der Waals surface area contributed by atoms with Crippen LogP contribution in [0.4, 0.5) is 0 Å². The van der Waals surface area contributed by atoms with Gasteiger partial charge in [-0.1, -0.05) is 30.3 Å². The Morgan fingerprint density at radius 2 is 1.91 bits per heavy atom. The summed E-state index contributed by atoms with van der Waals surface area (Å²) in [5, 5.41) is 7.66. The van der Waals surface area contributed by atoms with Crippen LogP contribution in [0.5, 0.6) is 0 Å². The number of benzene rings is 1. The zero-order valence-corrected chi connectivity index (χ0v) is 20.3. The van der Waals surface area contributed by atoms with Gasteiger partial charge in [-0.25, -0.2) is 14.6 Å². The van der Waals surface area contributed by atoms with Gasteiger partial charge in [-0.05, 0) is 39.0 Å². The van der Waals surface area contributed by atoms with Crippen molar-refractivity contribution in [2.45, 2.75) is 44.9 Å². The summed E-state index contributed by atoms with van der Waals surface area (Å²) >= 11 is 1.71. The second kappa shape index (κ2) is 8.88. The third-order valence-electron chi connectivity index (χ3n) is 7.09. The van der Waals surface area contributed by atoms with E-state index >= 15 is 0 Å². The maximum absolute atomic E-state index is 13.3. The summed E-state index contributed by atoms with van der Waals surface area (Å²) in [5.74, 6) is 0.717. The number of hydrogen-bond donors (Lipinski definition) is 1. The third-order valence-corrected chi connectivity index (χ3v) is 8.10. The SMILES string of the molecule is Cc1c(C(=O)N2CCC(c3nc(-c4ccccc4)cs3)CC2)cnn1-c1nc2c(c(=O)[nH]1)CCC2. The molecule has 9 heteroatoms. The molecule has 0 radical (unpaired) electrons. The predicted octanol–water partition coefficient (Wildman–Crippen LogP) is 3.90. The van der Waals surface area contributed by atoms with Gasteiger partial charge in [0.15, 0.2) is 0 Å². The highest BCUT2D eigenvalue weighted by Gasteiger charge is 2.29. The molecule has 6 rings (SSSR count). The van der Waals surface area contributed by atoms with Crippen molar-refractivity contribution in [1.29, 1.82) is 0 Å². The second-order valence-corrected chi connectivity index (χ2v) is 10.1. The molecule has 0 saturated carbocycles. The molecule has 1 N–H and O–H groups in total. The smallest absolute Gasteiger partial charge is 0.257 e. The first-order valence-electron chi connectivity index (χ1n) is 12.1. The maximum Gasteiger partial charge on any atom is 0.257 e. The minimum Gasteiger partial charge on any atom is -0.338 e. The van der Waals surface area contributed by atoms with Crippen molar-refractivity contribution in [2.24, 2.45) is 0 Å². The standard InChI is InChI=1S/C26H26N6O2S/c1-16-20(14-27-32(16)26-29-21-9-5-8-19(21)23(33)30-26)25(34)31-12-10-18(11-13-31)24-28-22(15-35-24)17-6-3-2-4-7-17/h2-4,6-7,14-15,18H,5,8-13H2,1H3,(H,29,30,33). The molecule has 1 amide bonds. The number of nitrogens with zero attached hydrogens (tertiary/aromatic N) is 5. The van der Waals surface area contributed by atoms with Crippen LogP contribution in [-0.4, -0.2) is 48.6 Å². The van der Waals surface area contributed by atoms with E-state index in [1.165, 1.54) is 0 Å². The van der Waals surface area contributed by atoms with Crippen LogP contribution in [0, 0.1) is 6.92 Å². The lowest BCUT2D eigenvalue weighted by atomic mass is 9.97. The second-order valence-electron chi connectivity index (χ2n) is 9.23. The molecule has 0 spiro atoms. The zero-order chi connectivity index (χ0) is 23.9. The molecule has 1 aliphatic carbocycles. The fourth-order valence-electron chi connectivity index (χ4n) is 5.08. The quantitative estimate of drug-likeness (QED) is 0.472. The number of carbonyl (C=O) groups is 1. The minimum atomic E-state index is -0.107. The molecule has 2 aliphatic rings. The first-order valence-corrected chi connectivity index (χ1v) is 12.9. The van der Waals surface area contributed by atoms with Crippen molar-refractivity contribution in [3.8, 4) is 17.2 Å². The molecular formula is C26H26N6O2S. The number of hydrogen-bond acceptors (Lipinski definition) is 6. The van der Waals surface area contributed by atoms with Crippen molar-refractivity contribution in [2.75, 3.05) is 13.1 Å². The molecule has 1 aliphatic heterocycles. The molecule has 1 aromatic carbocycles. The fourth-order valence-corrected chi connectivity index (χ4v) is 6.08. The average molecular weight is 487 g/mol. The van der Waals surface area contributed by atoms with Crippen LogP contribution in [0.1, 0.15) is 57.5 Å². The van der Waals surface area contributed by atoms with Crippen LogP contribution in [0.25, 0.3) is 17.2 Å². The van der Waals surface area contributed by atoms with Crippen LogP contribution >= 0.6 is 11.3 Å². The number of carbonyl (C=O) groups excluding carboxylic acids is 1. The summed E-state index contributed by atoms with van der Waals surface area (Å²) in [4.78, 5) is 40.0. The van der Waals surface area contributed by atoms with Gasteiger partial charge in [0.25, 0.3) is 11.5 Å². The van der Waals surface area contributed by atoms with E-state index in [-0.39, 0.29) is 11.5 Å². The summed E-state index contributed by atoms with van der Waals surface area (Å²) in [7, 11) is 0. The van der Waals surface area contributed by atoms with Crippen molar-refractivity contribution in [3.63, 3.8) is 0 Å². The molecule has 0 bridgehead atoms. The summed E-state index contributed by atoms with van der Waals surface area (Å²) in [6, 6.07) is 10.2.